The molecular formula is C21H21FN4. The van der Waals surface area contributed by atoms with Crippen LogP contribution in [0.5, 0.6) is 0 Å². The standard InChI is InChI=1S/C21H21FN4/c1-15(23)16-5-6-17-13-24-14-21(20(17)11-16)26-9-7-25(8-10-26)19-4-2-3-18(22)12-19/h2-6,11-14H,1,7-10,23H2. The summed E-state index contributed by atoms with van der Waals surface area (Å²) < 4.78 is 13.5. The van der Waals surface area contributed by atoms with E-state index in [0.717, 1.165) is 53.9 Å². The van der Waals surface area contributed by atoms with Gasteiger partial charge in [0.25, 0.3) is 0 Å². The van der Waals surface area contributed by atoms with Gasteiger partial charge in [0, 0.05) is 54.5 Å². The van der Waals surface area contributed by atoms with Crippen molar-refractivity contribution in [2.45, 2.75) is 0 Å². The highest BCUT2D eigenvalue weighted by Gasteiger charge is 2.19. The summed E-state index contributed by atoms with van der Waals surface area (Å²) in [6.07, 6.45) is 3.77. The van der Waals surface area contributed by atoms with E-state index in [2.05, 4.69) is 27.4 Å². The van der Waals surface area contributed by atoms with Crippen molar-refractivity contribution in [2.24, 2.45) is 5.73 Å². The molecule has 0 saturated carbocycles. The molecule has 0 bridgehead atoms. The summed E-state index contributed by atoms with van der Waals surface area (Å²) in [7, 11) is 0. The van der Waals surface area contributed by atoms with Crippen LogP contribution in [0.4, 0.5) is 15.8 Å². The zero-order valence-corrected chi connectivity index (χ0v) is 14.5. The number of pyridine rings is 1. The van der Waals surface area contributed by atoms with Gasteiger partial charge in [-0.15, -0.1) is 0 Å². The largest absolute Gasteiger partial charge is 0.399 e. The second-order valence-electron chi connectivity index (χ2n) is 6.57. The average molecular weight is 348 g/mol. The fraction of sp³-hybridized carbons (Fsp3) is 0.190. The minimum atomic E-state index is -0.197. The Morgan fingerprint density at radius 2 is 1.77 bits per heavy atom. The predicted octanol–water partition coefficient (Wildman–Crippen LogP) is 3.63. The lowest BCUT2D eigenvalue weighted by Gasteiger charge is -2.37. The van der Waals surface area contributed by atoms with Crippen molar-refractivity contribution in [3.05, 3.63) is 72.8 Å². The maximum atomic E-state index is 13.5. The van der Waals surface area contributed by atoms with Crippen molar-refractivity contribution in [3.63, 3.8) is 0 Å². The van der Waals surface area contributed by atoms with Crippen molar-refractivity contribution in [3.8, 4) is 0 Å². The Bertz CT molecular complexity index is 961. The minimum Gasteiger partial charge on any atom is -0.399 e. The molecule has 1 aliphatic heterocycles. The number of nitrogens with zero attached hydrogens (tertiary/aromatic N) is 3. The maximum Gasteiger partial charge on any atom is 0.125 e. The topological polar surface area (TPSA) is 45.4 Å². The fourth-order valence-electron chi connectivity index (χ4n) is 3.48. The van der Waals surface area contributed by atoms with E-state index in [-0.39, 0.29) is 5.82 Å². The number of nitrogens with two attached hydrogens (primary N) is 1. The second kappa shape index (κ2) is 6.67. The first-order valence-corrected chi connectivity index (χ1v) is 8.70. The van der Waals surface area contributed by atoms with Gasteiger partial charge in [0.15, 0.2) is 0 Å². The van der Waals surface area contributed by atoms with E-state index in [9.17, 15) is 4.39 Å². The summed E-state index contributed by atoms with van der Waals surface area (Å²) in [5.74, 6) is -0.197. The van der Waals surface area contributed by atoms with Crippen molar-refractivity contribution >= 4 is 27.8 Å². The molecule has 4 nitrogen and oxygen atoms in total. The van der Waals surface area contributed by atoms with Crippen LogP contribution in [0.3, 0.4) is 0 Å². The van der Waals surface area contributed by atoms with Gasteiger partial charge >= 0.3 is 0 Å². The summed E-state index contributed by atoms with van der Waals surface area (Å²) in [5, 5.41) is 2.21. The Morgan fingerprint density at radius 1 is 1.00 bits per heavy atom. The van der Waals surface area contributed by atoms with E-state index in [1.165, 1.54) is 6.07 Å². The molecule has 0 amide bonds. The van der Waals surface area contributed by atoms with Gasteiger partial charge in [0.05, 0.1) is 11.9 Å². The zero-order chi connectivity index (χ0) is 18.1. The molecule has 0 atom stereocenters. The number of halogens is 1. The van der Waals surface area contributed by atoms with E-state index < -0.39 is 0 Å². The van der Waals surface area contributed by atoms with E-state index in [1.807, 2.05) is 30.6 Å². The van der Waals surface area contributed by atoms with Crippen LogP contribution in [0.25, 0.3) is 16.5 Å². The number of rotatable bonds is 3. The summed E-state index contributed by atoms with van der Waals surface area (Å²) in [4.78, 5) is 8.93. The first-order valence-electron chi connectivity index (χ1n) is 8.70. The molecule has 1 aromatic heterocycles. The quantitative estimate of drug-likeness (QED) is 0.785. The lowest BCUT2D eigenvalue weighted by Crippen LogP contribution is -2.46. The van der Waals surface area contributed by atoms with Crippen LogP contribution in [0.15, 0.2) is 61.4 Å². The highest BCUT2D eigenvalue weighted by molar-refractivity contribution is 5.95. The normalized spacial score (nSPS) is 14.7. The molecule has 0 unspecified atom stereocenters. The third-order valence-corrected chi connectivity index (χ3v) is 4.90. The van der Waals surface area contributed by atoms with E-state index in [4.69, 9.17) is 5.73 Å². The molecule has 132 valence electrons. The smallest absolute Gasteiger partial charge is 0.125 e. The van der Waals surface area contributed by atoms with Crippen LogP contribution in [-0.2, 0) is 0 Å². The van der Waals surface area contributed by atoms with Crippen molar-refractivity contribution in [2.75, 3.05) is 36.0 Å². The van der Waals surface area contributed by atoms with Gasteiger partial charge in [-0.2, -0.15) is 0 Å². The first kappa shape index (κ1) is 16.4. The molecule has 2 N–H and O–H groups in total. The summed E-state index contributed by atoms with van der Waals surface area (Å²) in [6, 6.07) is 12.9. The van der Waals surface area contributed by atoms with Crippen LogP contribution in [0, 0.1) is 5.82 Å². The summed E-state index contributed by atoms with van der Waals surface area (Å²) in [5.41, 5.74) is 9.40. The molecular weight excluding hydrogens is 327 g/mol. The fourth-order valence-corrected chi connectivity index (χ4v) is 3.48. The Hall–Kier alpha value is -3.08. The third-order valence-electron chi connectivity index (χ3n) is 4.90. The lowest BCUT2D eigenvalue weighted by molar-refractivity contribution is 0.620. The zero-order valence-electron chi connectivity index (χ0n) is 14.5. The number of hydrogen-bond acceptors (Lipinski definition) is 4. The highest BCUT2D eigenvalue weighted by Crippen LogP contribution is 2.29. The van der Waals surface area contributed by atoms with Crippen molar-refractivity contribution < 1.29 is 4.39 Å². The monoisotopic (exact) mass is 348 g/mol. The van der Waals surface area contributed by atoms with Crippen molar-refractivity contribution in [1.29, 1.82) is 0 Å². The number of anilines is 2. The summed E-state index contributed by atoms with van der Waals surface area (Å²) >= 11 is 0. The van der Waals surface area contributed by atoms with E-state index >= 15 is 0 Å². The molecule has 1 fully saturated rings. The summed E-state index contributed by atoms with van der Waals surface area (Å²) in [6.45, 7) is 7.21. The number of hydrogen-bond donors (Lipinski definition) is 1. The lowest BCUT2D eigenvalue weighted by atomic mass is 10.1. The van der Waals surface area contributed by atoms with Crippen LogP contribution < -0.4 is 15.5 Å². The molecule has 2 heterocycles. The molecule has 0 radical (unpaired) electrons. The molecule has 0 aliphatic carbocycles. The molecule has 26 heavy (non-hydrogen) atoms. The molecule has 0 spiro atoms. The molecule has 5 heteroatoms. The Kier molecular flexibility index (Phi) is 4.21. The van der Waals surface area contributed by atoms with Gasteiger partial charge < -0.3 is 15.5 Å². The van der Waals surface area contributed by atoms with Gasteiger partial charge in [0.1, 0.15) is 5.82 Å². The molecule has 3 aromatic rings. The maximum absolute atomic E-state index is 13.5. The molecule has 1 saturated heterocycles. The number of piperazine rings is 1. The Morgan fingerprint density at radius 3 is 2.50 bits per heavy atom. The Labute approximate surface area is 152 Å². The second-order valence-corrected chi connectivity index (χ2v) is 6.57. The van der Waals surface area contributed by atoms with Crippen LogP contribution in [-0.4, -0.2) is 31.2 Å². The SMILES string of the molecule is C=C(N)c1ccc2cncc(N3CCN(c4cccc(F)c4)CC3)c2c1. The van der Waals surface area contributed by atoms with Gasteiger partial charge in [-0.3, -0.25) is 4.98 Å². The first-order chi connectivity index (χ1) is 12.6. The number of aromatic nitrogens is 1. The van der Waals surface area contributed by atoms with Gasteiger partial charge in [0.2, 0.25) is 0 Å². The van der Waals surface area contributed by atoms with Crippen molar-refractivity contribution in [1.82, 2.24) is 4.98 Å². The predicted molar refractivity (Wildman–Crippen MR) is 106 cm³/mol. The van der Waals surface area contributed by atoms with Gasteiger partial charge in [-0.1, -0.05) is 24.8 Å². The molecule has 2 aromatic carbocycles. The Balaban J connectivity index is 1.59. The third kappa shape index (κ3) is 3.08. The van der Waals surface area contributed by atoms with E-state index in [1.54, 1.807) is 12.1 Å². The van der Waals surface area contributed by atoms with Crippen LogP contribution >= 0.6 is 0 Å². The molecule has 4 rings (SSSR count). The minimum absolute atomic E-state index is 0.197. The van der Waals surface area contributed by atoms with Gasteiger partial charge in [-0.05, 0) is 29.8 Å². The average Bonchev–Trinajstić information content (AvgIpc) is 2.67. The van der Waals surface area contributed by atoms with E-state index in [0.29, 0.717) is 5.70 Å². The number of benzene rings is 2. The molecule has 1 aliphatic rings. The van der Waals surface area contributed by atoms with Gasteiger partial charge in [-0.25, -0.2) is 4.39 Å². The number of fused-ring (bicyclic) bond motifs is 1. The van der Waals surface area contributed by atoms with Crippen LogP contribution in [0.2, 0.25) is 0 Å². The van der Waals surface area contributed by atoms with Crippen LogP contribution in [0.1, 0.15) is 5.56 Å². The highest BCUT2D eigenvalue weighted by atomic mass is 19.1.